The van der Waals surface area contributed by atoms with Gasteiger partial charge in [-0.15, -0.1) is 0 Å². The average Bonchev–Trinajstić information content (AvgIpc) is 2.61. The van der Waals surface area contributed by atoms with Crippen molar-refractivity contribution >= 4 is 23.7 Å². The van der Waals surface area contributed by atoms with Gasteiger partial charge in [0.15, 0.2) is 11.5 Å². The molecule has 0 unspecified atom stereocenters. The van der Waals surface area contributed by atoms with E-state index in [4.69, 9.17) is 25.8 Å². The second-order valence-electron chi connectivity index (χ2n) is 4.66. The lowest BCUT2D eigenvalue weighted by Crippen LogP contribution is -2.17. The van der Waals surface area contributed by atoms with Crippen molar-refractivity contribution in [2.24, 2.45) is 5.10 Å². The van der Waals surface area contributed by atoms with E-state index >= 15 is 0 Å². The highest BCUT2D eigenvalue weighted by atomic mass is 35.5. The molecule has 0 spiro atoms. The van der Waals surface area contributed by atoms with Crippen molar-refractivity contribution in [1.29, 1.82) is 0 Å². The lowest BCUT2D eigenvalue weighted by molar-refractivity contribution is 0.0954. The Morgan fingerprint density at radius 3 is 2.33 bits per heavy atom. The first-order valence-corrected chi connectivity index (χ1v) is 7.35. The Morgan fingerprint density at radius 1 is 1.00 bits per heavy atom. The van der Waals surface area contributed by atoms with Gasteiger partial charge in [-0.3, -0.25) is 4.79 Å². The third-order valence-electron chi connectivity index (χ3n) is 3.21. The van der Waals surface area contributed by atoms with Crippen molar-refractivity contribution < 1.29 is 19.0 Å². The molecule has 2 rings (SSSR count). The number of nitrogens with zero attached hydrogens (tertiary/aromatic N) is 1. The van der Waals surface area contributed by atoms with E-state index in [1.165, 1.54) is 20.4 Å². The Labute approximate surface area is 145 Å². The van der Waals surface area contributed by atoms with Crippen molar-refractivity contribution in [3.63, 3.8) is 0 Å². The topological polar surface area (TPSA) is 69.2 Å². The van der Waals surface area contributed by atoms with Gasteiger partial charge in [-0.1, -0.05) is 11.6 Å². The van der Waals surface area contributed by atoms with E-state index in [0.717, 1.165) is 0 Å². The monoisotopic (exact) mass is 348 g/mol. The van der Waals surface area contributed by atoms with Gasteiger partial charge in [0.2, 0.25) is 0 Å². The highest BCUT2D eigenvalue weighted by Crippen LogP contribution is 2.27. The van der Waals surface area contributed by atoms with E-state index in [-0.39, 0.29) is 5.91 Å². The molecule has 1 amide bonds. The molecule has 6 nitrogen and oxygen atoms in total. The van der Waals surface area contributed by atoms with Gasteiger partial charge >= 0.3 is 0 Å². The number of halogens is 1. The van der Waals surface area contributed by atoms with Gasteiger partial charge in [-0.05, 0) is 36.4 Å². The molecule has 2 aromatic carbocycles. The van der Waals surface area contributed by atoms with Crippen LogP contribution in [0.15, 0.2) is 41.5 Å². The van der Waals surface area contributed by atoms with Crippen LogP contribution < -0.4 is 19.6 Å². The van der Waals surface area contributed by atoms with Crippen molar-refractivity contribution in [3.8, 4) is 17.2 Å². The van der Waals surface area contributed by atoms with Gasteiger partial charge in [-0.2, -0.15) is 5.10 Å². The summed E-state index contributed by atoms with van der Waals surface area (Å²) >= 11 is 5.94. The molecular formula is C17H17ClN2O4. The normalized spacial score (nSPS) is 10.5. The number of carbonyl (C=O) groups is 1. The first kappa shape index (κ1) is 17.6. The molecule has 0 heterocycles. The van der Waals surface area contributed by atoms with Crippen molar-refractivity contribution in [3.05, 3.63) is 52.5 Å². The number of ether oxygens (including phenoxy) is 3. The molecular weight excluding hydrogens is 332 g/mol. The third kappa shape index (κ3) is 4.17. The molecule has 24 heavy (non-hydrogen) atoms. The van der Waals surface area contributed by atoms with Crippen LogP contribution in [0.4, 0.5) is 0 Å². The number of hydrogen-bond acceptors (Lipinski definition) is 5. The quantitative estimate of drug-likeness (QED) is 0.643. The highest BCUT2D eigenvalue weighted by Gasteiger charge is 2.10. The maximum Gasteiger partial charge on any atom is 0.271 e. The van der Waals surface area contributed by atoms with Gasteiger partial charge in [0.1, 0.15) is 5.75 Å². The summed E-state index contributed by atoms with van der Waals surface area (Å²) in [6.07, 6.45) is 1.46. The maximum atomic E-state index is 12.1. The van der Waals surface area contributed by atoms with Crippen LogP contribution in [0.2, 0.25) is 5.02 Å². The summed E-state index contributed by atoms with van der Waals surface area (Å²) in [6.45, 7) is 0. The molecule has 0 radical (unpaired) electrons. The molecule has 0 saturated carbocycles. The summed E-state index contributed by atoms with van der Waals surface area (Å²) in [6, 6.07) is 9.96. The lowest BCUT2D eigenvalue weighted by Gasteiger charge is -2.08. The van der Waals surface area contributed by atoms with Gasteiger partial charge in [0, 0.05) is 16.1 Å². The summed E-state index contributed by atoms with van der Waals surface area (Å²) in [5.74, 6) is 1.23. The summed E-state index contributed by atoms with van der Waals surface area (Å²) in [4.78, 5) is 12.1. The Bertz CT molecular complexity index is 762. The van der Waals surface area contributed by atoms with Gasteiger partial charge in [0.05, 0.1) is 27.5 Å². The number of hydrazone groups is 1. The molecule has 0 saturated heterocycles. The fourth-order valence-electron chi connectivity index (χ4n) is 2.01. The van der Waals surface area contributed by atoms with Crippen LogP contribution >= 0.6 is 11.6 Å². The van der Waals surface area contributed by atoms with E-state index in [1.807, 2.05) is 0 Å². The van der Waals surface area contributed by atoms with Crippen LogP contribution in [0.1, 0.15) is 15.9 Å². The minimum atomic E-state index is -0.381. The molecule has 0 aliphatic rings. The Balaban J connectivity index is 2.12. The fraction of sp³-hybridized carbons (Fsp3) is 0.176. The van der Waals surface area contributed by atoms with Crippen LogP contribution in [0, 0.1) is 0 Å². The number of carbonyl (C=O) groups excluding carboxylic acids is 1. The molecule has 2 aromatic rings. The predicted molar refractivity (Wildman–Crippen MR) is 92.6 cm³/mol. The van der Waals surface area contributed by atoms with Crippen molar-refractivity contribution in [2.75, 3.05) is 21.3 Å². The van der Waals surface area contributed by atoms with E-state index in [0.29, 0.717) is 33.4 Å². The number of hydrogen-bond donors (Lipinski definition) is 1. The number of amides is 1. The van der Waals surface area contributed by atoms with E-state index in [2.05, 4.69) is 10.5 Å². The van der Waals surface area contributed by atoms with Crippen LogP contribution in [-0.2, 0) is 0 Å². The summed E-state index contributed by atoms with van der Waals surface area (Å²) in [5, 5.41) is 4.48. The second kappa shape index (κ2) is 8.21. The standard InChI is InChI=1S/C17H17ClN2O4/c1-22-14-7-5-13(18)8-12(14)10-19-20-17(21)11-4-6-15(23-2)16(9-11)24-3/h4-10H,1-3H3,(H,20,21)/b19-10+. The zero-order valence-corrected chi connectivity index (χ0v) is 14.3. The number of benzene rings is 2. The molecule has 0 atom stereocenters. The van der Waals surface area contributed by atoms with Crippen LogP contribution in [0.3, 0.4) is 0 Å². The van der Waals surface area contributed by atoms with Crippen LogP contribution in [0.5, 0.6) is 17.2 Å². The van der Waals surface area contributed by atoms with Gasteiger partial charge < -0.3 is 14.2 Å². The first-order chi connectivity index (χ1) is 11.6. The molecule has 0 aromatic heterocycles. The molecule has 126 valence electrons. The van der Waals surface area contributed by atoms with E-state index < -0.39 is 0 Å². The molecule has 1 N–H and O–H groups in total. The van der Waals surface area contributed by atoms with Crippen molar-refractivity contribution in [1.82, 2.24) is 5.43 Å². The van der Waals surface area contributed by atoms with Crippen LogP contribution in [-0.4, -0.2) is 33.5 Å². The van der Waals surface area contributed by atoms with E-state index in [9.17, 15) is 4.79 Å². The Kier molecular flexibility index (Phi) is 6.03. The molecule has 0 fully saturated rings. The zero-order chi connectivity index (χ0) is 17.5. The average molecular weight is 349 g/mol. The number of rotatable bonds is 6. The Morgan fingerprint density at radius 2 is 1.67 bits per heavy atom. The summed E-state index contributed by atoms with van der Waals surface area (Å²) in [5.41, 5.74) is 3.48. The Hall–Kier alpha value is -2.73. The maximum absolute atomic E-state index is 12.1. The van der Waals surface area contributed by atoms with Crippen molar-refractivity contribution in [2.45, 2.75) is 0 Å². The smallest absolute Gasteiger partial charge is 0.271 e. The predicted octanol–water partition coefficient (Wildman–Crippen LogP) is 3.13. The lowest BCUT2D eigenvalue weighted by atomic mass is 10.2. The third-order valence-corrected chi connectivity index (χ3v) is 3.44. The fourth-order valence-corrected chi connectivity index (χ4v) is 2.19. The highest BCUT2D eigenvalue weighted by molar-refractivity contribution is 6.30. The second-order valence-corrected chi connectivity index (χ2v) is 5.09. The minimum Gasteiger partial charge on any atom is -0.496 e. The summed E-state index contributed by atoms with van der Waals surface area (Å²) < 4.78 is 15.5. The van der Waals surface area contributed by atoms with Gasteiger partial charge in [-0.25, -0.2) is 5.43 Å². The minimum absolute atomic E-state index is 0.381. The summed E-state index contributed by atoms with van der Waals surface area (Å²) in [7, 11) is 4.58. The molecule has 0 aliphatic heterocycles. The molecule has 0 bridgehead atoms. The largest absolute Gasteiger partial charge is 0.496 e. The van der Waals surface area contributed by atoms with Gasteiger partial charge in [0.25, 0.3) is 5.91 Å². The molecule has 0 aliphatic carbocycles. The van der Waals surface area contributed by atoms with Crippen LogP contribution in [0.25, 0.3) is 0 Å². The number of nitrogens with one attached hydrogen (secondary N) is 1. The SMILES string of the molecule is COc1ccc(Cl)cc1/C=N/NC(=O)c1ccc(OC)c(OC)c1. The zero-order valence-electron chi connectivity index (χ0n) is 13.5. The van der Waals surface area contributed by atoms with E-state index in [1.54, 1.807) is 43.5 Å². The molecule has 7 heteroatoms. The number of methoxy groups -OCH3 is 3. The first-order valence-electron chi connectivity index (χ1n) is 6.98.